The molecule has 0 bridgehead atoms. The molecule has 1 saturated carbocycles. The Labute approximate surface area is 193 Å². The number of carbonyl (C=O) groups excluding carboxylic acids is 1. The Morgan fingerprint density at radius 3 is 2.79 bits per heavy atom. The molecule has 33 heavy (non-hydrogen) atoms. The third-order valence-electron chi connectivity index (χ3n) is 7.32. The third-order valence-corrected chi connectivity index (χ3v) is 7.32. The number of aryl methyl sites for hydroxylation is 1. The monoisotopic (exact) mass is 456 g/mol. The first-order valence-electron chi connectivity index (χ1n) is 11.9. The molecule has 3 aliphatic rings. The average molecular weight is 457 g/mol. The molecular weight excluding hydrogens is 423 g/mol. The molecule has 2 saturated heterocycles. The Bertz CT molecular complexity index is 975. The summed E-state index contributed by atoms with van der Waals surface area (Å²) >= 11 is 0. The number of likely N-dealkylation sites (tertiary alicyclic amines) is 1. The molecule has 3 N–H and O–H groups in total. The summed E-state index contributed by atoms with van der Waals surface area (Å²) in [5.74, 6) is 0.407. The van der Waals surface area contributed by atoms with Crippen LogP contribution >= 0.6 is 0 Å². The van der Waals surface area contributed by atoms with Crippen LogP contribution in [-0.4, -0.2) is 65.1 Å². The number of carbonyl (C=O) groups is 1. The van der Waals surface area contributed by atoms with E-state index in [1.807, 2.05) is 37.5 Å². The molecule has 3 fully saturated rings. The first kappa shape index (κ1) is 22.3. The van der Waals surface area contributed by atoms with E-state index in [-0.39, 0.29) is 29.9 Å². The molecule has 2 aromatic rings. The number of ether oxygens (including phenoxy) is 1. The van der Waals surface area contributed by atoms with E-state index in [9.17, 15) is 9.18 Å². The quantitative estimate of drug-likeness (QED) is 0.640. The lowest BCUT2D eigenvalue weighted by Crippen LogP contribution is -2.43. The molecule has 5 rings (SSSR count). The predicted molar refractivity (Wildman–Crippen MR) is 124 cm³/mol. The minimum Gasteiger partial charge on any atom is -0.490 e. The molecule has 3 heterocycles. The number of rotatable bonds is 5. The van der Waals surface area contributed by atoms with Crippen LogP contribution in [0.2, 0.25) is 0 Å². The Morgan fingerprint density at radius 2 is 2.03 bits per heavy atom. The second-order valence-electron chi connectivity index (χ2n) is 9.72. The predicted octanol–water partition coefficient (Wildman–Crippen LogP) is 2.21. The van der Waals surface area contributed by atoms with Gasteiger partial charge in [-0.2, -0.15) is 5.10 Å². The molecular formula is C24H33FN6O2. The first-order chi connectivity index (χ1) is 16.0. The maximum Gasteiger partial charge on any atom is 0.243 e. The standard InChI is InChI=1S/C24H33FN6O2/c1-30-8-6-17(7-9-30)33-18-5-3-4-16(10-18)27-24(32)23-20-11-19(15-13-26-31(2)14-15)21(25)12-22(20)28-29-23/h3-5,10,13-14,17,19-23,28-29H,6-9,11-12H2,1-2H3,(H,27,32). The molecule has 5 atom stereocenters. The van der Waals surface area contributed by atoms with Gasteiger partial charge < -0.3 is 15.0 Å². The van der Waals surface area contributed by atoms with Gasteiger partial charge in [0.15, 0.2) is 0 Å². The molecule has 9 heteroatoms. The topological polar surface area (TPSA) is 83.4 Å². The number of nitrogens with zero attached hydrogens (tertiary/aromatic N) is 3. The molecule has 1 aliphatic carbocycles. The molecule has 2 aliphatic heterocycles. The second-order valence-corrected chi connectivity index (χ2v) is 9.72. The molecule has 1 aromatic carbocycles. The molecule has 8 nitrogen and oxygen atoms in total. The fourth-order valence-electron chi connectivity index (χ4n) is 5.42. The van der Waals surface area contributed by atoms with Gasteiger partial charge in [-0.05, 0) is 50.4 Å². The van der Waals surface area contributed by atoms with Gasteiger partial charge in [-0.25, -0.2) is 9.82 Å². The van der Waals surface area contributed by atoms with Crippen molar-refractivity contribution in [3.8, 4) is 5.75 Å². The molecule has 1 amide bonds. The number of piperidine rings is 1. The number of aromatic nitrogens is 2. The fourth-order valence-corrected chi connectivity index (χ4v) is 5.42. The van der Waals surface area contributed by atoms with E-state index >= 15 is 0 Å². The number of amides is 1. The smallest absolute Gasteiger partial charge is 0.243 e. The molecule has 0 radical (unpaired) electrons. The van der Waals surface area contributed by atoms with Crippen molar-refractivity contribution in [1.29, 1.82) is 0 Å². The van der Waals surface area contributed by atoms with Gasteiger partial charge in [-0.1, -0.05) is 6.07 Å². The van der Waals surface area contributed by atoms with E-state index < -0.39 is 12.2 Å². The minimum atomic E-state index is -0.958. The highest BCUT2D eigenvalue weighted by Crippen LogP contribution is 2.41. The zero-order valence-corrected chi connectivity index (χ0v) is 19.2. The summed E-state index contributed by atoms with van der Waals surface area (Å²) in [7, 11) is 3.96. The summed E-state index contributed by atoms with van der Waals surface area (Å²) in [6.45, 7) is 2.06. The molecule has 5 unspecified atom stereocenters. The van der Waals surface area contributed by atoms with Crippen molar-refractivity contribution >= 4 is 11.6 Å². The number of halogens is 1. The normalized spacial score (nSPS) is 30.7. The van der Waals surface area contributed by atoms with Crippen molar-refractivity contribution in [2.75, 3.05) is 25.5 Å². The van der Waals surface area contributed by atoms with Gasteiger partial charge in [-0.3, -0.25) is 14.9 Å². The highest BCUT2D eigenvalue weighted by molar-refractivity contribution is 5.95. The summed E-state index contributed by atoms with van der Waals surface area (Å²) in [5, 5.41) is 7.23. The summed E-state index contributed by atoms with van der Waals surface area (Å²) in [6.07, 6.45) is 5.82. The van der Waals surface area contributed by atoms with E-state index in [1.54, 1.807) is 10.9 Å². The van der Waals surface area contributed by atoms with Crippen LogP contribution in [0.1, 0.15) is 37.2 Å². The van der Waals surface area contributed by atoms with Crippen LogP contribution in [0.15, 0.2) is 36.7 Å². The van der Waals surface area contributed by atoms with E-state index in [2.05, 4.69) is 33.2 Å². The minimum absolute atomic E-state index is 0.000803. The summed E-state index contributed by atoms with van der Waals surface area (Å²) in [4.78, 5) is 15.5. The van der Waals surface area contributed by atoms with Crippen molar-refractivity contribution < 1.29 is 13.9 Å². The average Bonchev–Trinajstić information content (AvgIpc) is 3.41. The van der Waals surface area contributed by atoms with Crippen LogP contribution in [0.5, 0.6) is 5.75 Å². The molecule has 0 spiro atoms. The van der Waals surface area contributed by atoms with Gasteiger partial charge in [-0.15, -0.1) is 0 Å². The van der Waals surface area contributed by atoms with Gasteiger partial charge in [0, 0.05) is 56.0 Å². The first-order valence-corrected chi connectivity index (χ1v) is 11.9. The van der Waals surface area contributed by atoms with Crippen molar-refractivity contribution in [2.24, 2.45) is 13.0 Å². The van der Waals surface area contributed by atoms with Gasteiger partial charge in [0.1, 0.15) is 24.1 Å². The number of alkyl halides is 1. The number of nitrogens with one attached hydrogen (secondary N) is 3. The zero-order valence-electron chi connectivity index (χ0n) is 19.2. The van der Waals surface area contributed by atoms with Crippen LogP contribution in [-0.2, 0) is 11.8 Å². The van der Waals surface area contributed by atoms with E-state index in [0.29, 0.717) is 18.5 Å². The van der Waals surface area contributed by atoms with Crippen molar-refractivity contribution in [3.63, 3.8) is 0 Å². The lowest BCUT2D eigenvalue weighted by Gasteiger charge is -2.35. The van der Waals surface area contributed by atoms with Crippen molar-refractivity contribution in [3.05, 3.63) is 42.2 Å². The van der Waals surface area contributed by atoms with E-state index in [4.69, 9.17) is 4.74 Å². The van der Waals surface area contributed by atoms with Crippen LogP contribution in [0, 0.1) is 5.92 Å². The summed E-state index contributed by atoms with van der Waals surface area (Å²) in [6, 6.07) is 7.09. The fraction of sp³-hybridized carbons (Fsp3) is 0.583. The van der Waals surface area contributed by atoms with Gasteiger partial charge in [0.05, 0.1) is 6.20 Å². The second kappa shape index (κ2) is 9.40. The highest BCUT2D eigenvalue weighted by Gasteiger charge is 2.47. The van der Waals surface area contributed by atoms with E-state index in [1.165, 1.54) is 0 Å². The number of anilines is 1. The van der Waals surface area contributed by atoms with E-state index in [0.717, 1.165) is 37.2 Å². The SMILES string of the molecule is CN1CCC(Oc2cccc(NC(=O)C3NNC4CC(F)C(c5cnn(C)c5)CC43)c2)CC1. The maximum absolute atomic E-state index is 14.9. The lowest BCUT2D eigenvalue weighted by atomic mass is 9.73. The Balaban J connectivity index is 1.23. The molecule has 178 valence electrons. The highest BCUT2D eigenvalue weighted by atomic mass is 19.1. The Kier molecular flexibility index (Phi) is 6.36. The largest absolute Gasteiger partial charge is 0.490 e. The van der Waals surface area contributed by atoms with Crippen LogP contribution in [0.4, 0.5) is 10.1 Å². The third kappa shape index (κ3) is 4.90. The van der Waals surface area contributed by atoms with Crippen LogP contribution < -0.4 is 20.9 Å². The zero-order chi connectivity index (χ0) is 22.9. The van der Waals surface area contributed by atoms with Gasteiger partial charge >= 0.3 is 0 Å². The number of hydrogen-bond acceptors (Lipinski definition) is 6. The summed E-state index contributed by atoms with van der Waals surface area (Å²) in [5.41, 5.74) is 7.87. The van der Waals surface area contributed by atoms with Gasteiger partial charge in [0.25, 0.3) is 0 Å². The number of hydrogen-bond donors (Lipinski definition) is 3. The lowest BCUT2D eigenvalue weighted by molar-refractivity contribution is -0.119. The summed E-state index contributed by atoms with van der Waals surface area (Å²) < 4.78 is 22.7. The van der Waals surface area contributed by atoms with Gasteiger partial charge in [0.2, 0.25) is 5.91 Å². The van der Waals surface area contributed by atoms with Crippen molar-refractivity contribution in [1.82, 2.24) is 25.5 Å². The number of fused-ring (bicyclic) bond motifs is 1. The Morgan fingerprint density at radius 1 is 1.21 bits per heavy atom. The van der Waals surface area contributed by atoms with Crippen molar-refractivity contribution in [2.45, 2.75) is 56.0 Å². The Hall–Kier alpha value is -2.49. The van der Waals surface area contributed by atoms with Crippen LogP contribution in [0.25, 0.3) is 0 Å². The number of benzene rings is 1. The molecule has 1 aromatic heterocycles. The maximum atomic E-state index is 14.9. The number of hydrazine groups is 1. The van der Waals surface area contributed by atoms with Crippen LogP contribution in [0.3, 0.4) is 0 Å².